The van der Waals surface area contributed by atoms with Gasteiger partial charge in [-0.1, -0.05) is 31.2 Å². The van der Waals surface area contributed by atoms with Crippen LogP contribution in [-0.2, 0) is 19.6 Å². The summed E-state index contributed by atoms with van der Waals surface area (Å²) in [6.07, 6.45) is 2.86. The van der Waals surface area contributed by atoms with Crippen LogP contribution >= 0.6 is 11.3 Å². The molecule has 29 heavy (non-hydrogen) atoms. The van der Waals surface area contributed by atoms with Crippen molar-refractivity contribution in [1.82, 2.24) is 15.6 Å². The van der Waals surface area contributed by atoms with Crippen molar-refractivity contribution in [3.63, 3.8) is 0 Å². The van der Waals surface area contributed by atoms with E-state index in [9.17, 15) is 0 Å². The Morgan fingerprint density at radius 1 is 1.14 bits per heavy atom. The highest BCUT2D eigenvalue weighted by Crippen LogP contribution is 2.15. The number of thiophene rings is 1. The first-order chi connectivity index (χ1) is 14.2. The molecule has 3 aromatic rings. The van der Waals surface area contributed by atoms with E-state index in [1.165, 1.54) is 4.88 Å². The standard InChI is InChI=1S/C23H28N4OS/c1-18(13-22-10-6-12-29-22)15-26-23(24-2)27-16-19-7-5-9-21(14-19)28-17-20-8-3-4-11-25-20/h3-12,14,18H,13,15-17H2,1-2H3,(H2,24,26,27). The summed E-state index contributed by atoms with van der Waals surface area (Å²) in [6.45, 7) is 4.27. The summed E-state index contributed by atoms with van der Waals surface area (Å²) in [5, 5.41) is 8.92. The van der Waals surface area contributed by atoms with Gasteiger partial charge in [-0.05, 0) is 53.6 Å². The molecule has 0 aliphatic heterocycles. The molecule has 0 amide bonds. The van der Waals surface area contributed by atoms with E-state index >= 15 is 0 Å². The summed E-state index contributed by atoms with van der Waals surface area (Å²) in [5.41, 5.74) is 2.05. The first-order valence-electron chi connectivity index (χ1n) is 9.81. The molecule has 1 atom stereocenters. The average Bonchev–Trinajstić information content (AvgIpc) is 3.26. The van der Waals surface area contributed by atoms with Crippen molar-refractivity contribution in [1.29, 1.82) is 0 Å². The van der Waals surface area contributed by atoms with Gasteiger partial charge in [-0.2, -0.15) is 0 Å². The first kappa shape index (κ1) is 20.9. The number of nitrogens with one attached hydrogen (secondary N) is 2. The van der Waals surface area contributed by atoms with Gasteiger partial charge in [0.2, 0.25) is 0 Å². The lowest BCUT2D eigenvalue weighted by atomic mass is 10.1. The lowest BCUT2D eigenvalue weighted by Gasteiger charge is -2.16. The van der Waals surface area contributed by atoms with E-state index in [-0.39, 0.29) is 0 Å². The van der Waals surface area contributed by atoms with Gasteiger partial charge in [0, 0.05) is 31.2 Å². The highest BCUT2D eigenvalue weighted by atomic mass is 32.1. The zero-order valence-electron chi connectivity index (χ0n) is 17.0. The van der Waals surface area contributed by atoms with Gasteiger partial charge in [0.15, 0.2) is 5.96 Å². The van der Waals surface area contributed by atoms with E-state index in [0.29, 0.717) is 19.1 Å². The fourth-order valence-corrected chi connectivity index (χ4v) is 3.78. The number of aromatic nitrogens is 1. The summed E-state index contributed by atoms with van der Waals surface area (Å²) >= 11 is 1.81. The average molecular weight is 409 g/mol. The zero-order valence-corrected chi connectivity index (χ0v) is 17.8. The minimum absolute atomic E-state index is 0.461. The second kappa shape index (κ2) is 11.2. The molecule has 2 heterocycles. The van der Waals surface area contributed by atoms with Crippen molar-refractivity contribution < 1.29 is 4.74 Å². The molecule has 5 nitrogen and oxygen atoms in total. The van der Waals surface area contributed by atoms with Gasteiger partial charge < -0.3 is 15.4 Å². The van der Waals surface area contributed by atoms with Crippen molar-refractivity contribution in [2.75, 3.05) is 13.6 Å². The third-order valence-corrected chi connectivity index (χ3v) is 5.34. The highest BCUT2D eigenvalue weighted by Gasteiger charge is 2.06. The van der Waals surface area contributed by atoms with Gasteiger partial charge >= 0.3 is 0 Å². The van der Waals surface area contributed by atoms with Gasteiger partial charge in [-0.15, -0.1) is 11.3 Å². The number of ether oxygens (including phenoxy) is 1. The van der Waals surface area contributed by atoms with E-state index in [1.54, 1.807) is 13.2 Å². The molecule has 1 aromatic carbocycles. The van der Waals surface area contributed by atoms with Crippen LogP contribution in [0.3, 0.4) is 0 Å². The molecule has 0 saturated carbocycles. The molecule has 6 heteroatoms. The Morgan fingerprint density at radius 2 is 2.07 bits per heavy atom. The summed E-state index contributed by atoms with van der Waals surface area (Å²) in [5.74, 6) is 2.18. The Balaban J connectivity index is 1.44. The molecule has 0 fully saturated rings. The Hall–Kier alpha value is -2.86. The van der Waals surface area contributed by atoms with Crippen LogP contribution in [0.5, 0.6) is 5.75 Å². The van der Waals surface area contributed by atoms with Crippen LogP contribution in [0.25, 0.3) is 0 Å². The zero-order chi connectivity index (χ0) is 20.3. The molecule has 152 valence electrons. The monoisotopic (exact) mass is 408 g/mol. The Bertz CT molecular complexity index is 881. The van der Waals surface area contributed by atoms with Gasteiger partial charge in [0.05, 0.1) is 5.69 Å². The second-order valence-corrected chi connectivity index (χ2v) is 7.98. The molecule has 3 rings (SSSR count). The third-order valence-electron chi connectivity index (χ3n) is 4.44. The van der Waals surface area contributed by atoms with Gasteiger partial charge in [-0.3, -0.25) is 9.98 Å². The fourth-order valence-electron chi connectivity index (χ4n) is 2.91. The minimum Gasteiger partial charge on any atom is -0.487 e. The molecule has 2 aromatic heterocycles. The molecular weight excluding hydrogens is 380 g/mol. The van der Waals surface area contributed by atoms with Crippen LogP contribution in [-0.4, -0.2) is 24.5 Å². The Kier molecular flexibility index (Phi) is 8.07. The summed E-state index contributed by atoms with van der Waals surface area (Å²) < 4.78 is 5.86. The summed E-state index contributed by atoms with van der Waals surface area (Å²) in [6, 6.07) is 18.2. The quantitative estimate of drug-likeness (QED) is 0.410. The molecule has 2 N–H and O–H groups in total. The number of rotatable bonds is 9. The van der Waals surface area contributed by atoms with Gasteiger partial charge in [-0.25, -0.2) is 0 Å². The van der Waals surface area contributed by atoms with E-state index in [0.717, 1.165) is 35.9 Å². The van der Waals surface area contributed by atoms with Crippen LogP contribution in [0, 0.1) is 5.92 Å². The topological polar surface area (TPSA) is 58.5 Å². The second-order valence-electron chi connectivity index (χ2n) is 6.95. The van der Waals surface area contributed by atoms with Crippen LogP contribution < -0.4 is 15.4 Å². The summed E-state index contributed by atoms with van der Waals surface area (Å²) in [7, 11) is 1.80. The number of aliphatic imine (C=N–C) groups is 1. The number of pyridine rings is 1. The molecule has 0 bridgehead atoms. The van der Waals surface area contributed by atoms with Gasteiger partial charge in [0.25, 0.3) is 0 Å². The number of benzene rings is 1. The van der Waals surface area contributed by atoms with Gasteiger partial charge in [0.1, 0.15) is 12.4 Å². The molecule has 0 saturated heterocycles. The molecule has 0 spiro atoms. The maximum Gasteiger partial charge on any atom is 0.191 e. The van der Waals surface area contributed by atoms with Crippen LogP contribution in [0.2, 0.25) is 0 Å². The van der Waals surface area contributed by atoms with Crippen LogP contribution in [0.1, 0.15) is 23.1 Å². The van der Waals surface area contributed by atoms with Crippen LogP contribution in [0.15, 0.2) is 71.2 Å². The first-order valence-corrected chi connectivity index (χ1v) is 10.7. The predicted molar refractivity (Wildman–Crippen MR) is 120 cm³/mol. The van der Waals surface area contributed by atoms with Crippen molar-refractivity contribution in [2.24, 2.45) is 10.9 Å². The minimum atomic E-state index is 0.461. The maximum absolute atomic E-state index is 5.86. The van der Waals surface area contributed by atoms with E-state index in [1.807, 2.05) is 47.7 Å². The van der Waals surface area contributed by atoms with Crippen molar-refractivity contribution in [3.05, 3.63) is 82.3 Å². The predicted octanol–water partition coefficient (Wildman–Crippen LogP) is 4.27. The van der Waals surface area contributed by atoms with E-state index in [4.69, 9.17) is 4.74 Å². The van der Waals surface area contributed by atoms with Crippen LogP contribution in [0.4, 0.5) is 0 Å². The number of nitrogens with zero attached hydrogens (tertiary/aromatic N) is 2. The Morgan fingerprint density at radius 3 is 2.83 bits per heavy atom. The lowest BCUT2D eigenvalue weighted by molar-refractivity contribution is 0.301. The van der Waals surface area contributed by atoms with E-state index in [2.05, 4.69) is 51.1 Å². The SMILES string of the molecule is CN=C(NCc1cccc(OCc2ccccn2)c1)NCC(C)Cc1cccs1. The summed E-state index contributed by atoms with van der Waals surface area (Å²) in [4.78, 5) is 10.0. The normalized spacial score (nSPS) is 12.4. The van der Waals surface area contributed by atoms with Crippen molar-refractivity contribution in [3.8, 4) is 5.75 Å². The molecule has 0 radical (unpaired) electrons. The van der Waals surface area contributed by atoms with Crippen molar-refractivity contribution >= 4 is 17.3 Å². The third kappa shape index (κ3) is 7.23. The fraction of sp³-hybridized carbons (Fsp3) is 0.304. The van der Waals surface area contributed by atoms with Crippen molar-refractivity contribution in [2.45, 2.75) is 26.5 Å². The molecular formula is C23H28N4OS. The molecule has 0 aliphatic rings. The van der Waals surface area contributed by atoms with E-state index < -0.39 is 0 Å². The molecule has 0 aliphatic carbocycles. The number of hydrogen-bond donors (Lipinski definition) is 2. The lowest BCUT2D eigenvalue weighted by Crippen LogP contribution is -2.39. The number of guanidine groups is 1. The smallest absolute Gasteiger partial charge is 0.191 e. The Labute approximate surface area is 176 Å². The molecule has 1 unspecified atom stereocenters. The number of hydrogen-bond acceptors (Lipinski definition) is 4. The maximum atomic E-state index is 5.86. The largest absolute Gasteiger partial charge is 0.487 e. The highest BCUT2D eigenvalue weighted by molar-refractivity contribution is 7.09.